The van der Waals surface area contributed by atoms with Gasteiger partial charge < -0.3 is 18.9 Å². The number of carbonyl (C=O) groups excluding carboxylic acids is 1. The predicted octanol–water partition coefficient (Wildman–Crippen LogP) is 3.87. The lowest BCUT2D eigenvalue weighted by Gasteiger charge is -2.15. The summed E-state index contributed by atoms with van der Waals surface area (Å²) in [5.41, 5.74) is 2.53. The number of esters is 1. The molecule has 1 aromatic heterocycles. The Morgan fingerprint density at radius 2 is 1.78 bits per heavy atom. The first-order valence-corrected chi connectivity index (χ1v) is 8.41. The summed E-state index contributed by atoms with van der Waals surface area (Å²) in [5, 5.41) is 0. The summed E-state index contributed by atoms with van der Waals surface area (Å²) in [7, 11) is 4.15. The van der Waals surface area contributed by atoms with Crippen molar-refractivity contribution >= 4 is 11.5 Å². The highest BCUT2D eigenvalue weighted by atomic mass is 16.5. The molecule has 2 rings (SSSR count). The zero-order chi connectivity index (χ0) is 20.0. The Bertz CT molecular complexity index is 846. The summed E-state index contributed by atoms with van der Waals surface area (Å²) < 4.78 is 21.2. The quantitative estimate of drug-likeness (QED) is 0.415. The molecule has 0 aliphatic heterocycles. The van der Waals surface area contributed by atoms with Gasteiger partial charge in [0.25, 0.3) is 0 Å². The van der Waals surface area contributed by atoms with Crippen LogP contribution in [0.15, 0.2) is 30.8 Å². The Kier molecular flexibility index (Phi) is 6.76. The van der Waals surface area contributed by atoms with Gasteiger partial charge in [0.15, 0.2) is 0 Å². The number of hydrogen-bond donors (Lipinski definition) is 0. The van der Waals surface area contributed by atoms with Crippen LogP contribution in [-0.2, 0) is 14.3 Å². The molecule has 0 radical (unpaired) electrons. The molecule has 0 aliphatic carbocycles. The number of carbonyl (C=O) groups is 1. The number of benzene rings is 1. The monoisotopic (exact) mass is 372 g/mol. The summed E-state index contributed by atoms with van der Waals surface area (Å²) >= 11 is 0. The minimum atomic E-state index is -0.623. The Balaban J connectivity index is 2.58. The van der Waals surface area contributed by atoms with Crippen LogP contribution in [0.4, 0.5) is 0 Å². The molecule has 0 spiro atoms. The van der Waals surface area contributed by atoms with Gasteiger partial charge in [-0.05, 0) is 36.1 Å². The van der Waals surface area contributed by atoms with E-state index in [1.807, 2.05) is 19.1 Å². The highest BCUT2D eigenvalue weighted by molar-refractivity contribution is 6.17. The van der Waals surface area contributed by atoms with Crippen molar-refractivity contribution in [1.29, 1.82) is 0 Å². The third-order valence-corrected chi connectivity index (χ3v) is 3.84. The smallest absolute Gasteiger partial charge is 0.342 e. The maximum atomic E-state index is 12.2. The van der Waals surface area contributed by atoms with Crippen LogP contribution in [0, 0.1) is 6.92 Å². The zero-order valence-corrected chi connectivity index (χ0v) is 16.4. The van der Waals surface area contributed by atoms with Crippen molar-refractivity contribution in [2.24, 2.45) is 0 Å². The molecule has 0 saturated carbocycles. The summed E-state index contributed by atoms with van der Waals surface area (Å²) in [4.78, 5) is 20.5. The molecule has 0 unspecified atom stereocenters. The van der Waals surface area contributed by atoms with E-state index in [1.54, 1.807) is 0 Å². The molecule has 7 heteroatoms. The van der Waals surface area contributed by atoms with Gasteiger partial charge in [-0.3, -0.25) is 0 Å². The van der Waals surface area contributed by atoms with E-state index in [2.05, 4.69) is 29.9 Å². The third-order valence-electron chi connectivity index (χ3n) is 3.84. The third kappa shape index (κ3) is 4.75. The number of rotatable bonds is 7. The van der Waals surface area contributed by atoms with Gasteiger partial charge in [-0.2, -0.15) is 0 Å². The fraction of sp³-hybridized carbons (Fsp3) is 0.350. The van der Waals surface area contributed by atoms with E-state index in [9.17, 15) is 4.79 Å². The largest absolute Gasteiger partial charge is 0.503 e. The lowest BCUT2D eigenvalue weighted by molar-refractivity contribution is -0.133. The number of aryl methyl sites for hydroxylation is 1. The van der Waals surface area contributed by atoms with E-state index < -0.39 is 5.97 Å². The van der Waals surface area contributed by atoms with Gasteiger partial charge in [-0.1, -0.05) is 19.9 Å². The van der Waals surface area contributed by atoms with E-state index in [-0.39, 0.29) is 22.9 Å². The number of hydrogen-bond acceptors (Lipinski definition) is 7. The van der Waals surface area contributed by atoms with E-state index >= 15 is 0 Å². The number of methoxy groups -OCH3 is 3. The van der Waals surface area contributed by atoms with Gasteiger partial charge in [0.1, 0.15) is 23.2 Å². The fourth-order valence-corrected chi connectivity index (χ4v) is 2.53. The van der Waals surface area contributed by atoms with Crippen molar-refractivity contribution < 1.29 is 23.7 Å². The maximum absolute atomic E-state index is 12.2. The molecule has 7 nitrogen and oxygen atoms in total. The van der Waals surface area contributed by atoms with Crippen LogP contribution in [0.25, 0.3) is 5.57 Å². The van der Waals surface area contributed by atoms with Crippen LogP contribution < -0.4 is 9.47 Å². The molecule has 0 saturated heterocycles. The van der Waals surface area contributed by atoms with E-state index in [0.29, 0.717) is 11.7 Å². The van der Waals surface area contributed by atoms with Crippen molar-refractivity contribution in [3.63, 3.8) is 0 Å². The first-order valence-electron chi connectivity index (χ1n) is 8.41. The zero-order valence-electron chi connectivity index (χ0n) is 16.4. The highest BCUT2D eigenvalue weighted by Gasteiger charge is 2.25. The SMILES string of the molecule is CO/C=C(\C(=O)OC)c1c(OC)ncnc1Oc1cc(C)cc(C(C)C)c1. The molecule has 1 aromatic carbocycles. The Morgan fingerprint density at radius 1 is 1.07 bits per heavy atom. The number of aromatic nitrogens is 2. The molecule has 2 aromatic rings. The molecule has 0 fully saturated rings. The number of ether oxygens (including phenoxy) is 4. The molecular weight excluding hydrogens is 348 g/mol. The summed E-state index contributed by atoms with van der Waals surface area (Å²) in [6, 6.07) is 5.93. The molecule has 0 aliphatic rings. The van der Waals surface area contributed by atoms with E-state index in [0.717, 1.165) is 11.1 Å². The van der Waals surface area contributed by atoms with Crippen LogP contribution >= 0.6 is 0 Å². The first kappa shape index (κ1) is 20.2. The second-order valence-corrected chi connectivity index (χ2v) is 6.16. The van der Waals surface area contributed by atoms with Crippen molar-refractivity contribution in [3.05, 3.63) is 47.5 Å². The van der Waals surface area contributed by atoms with Crippen molar-refractivity contribution in [2.75, 3.05) is 21.3 Å². The minimum Gasteiger partial charge on any atom is -0.503 e. The number of nitrogens with zero attached hydrogens (tertiary/aromatic N) is 2. The summed E-state index contributed by atoms with van der Waals surface area (Å²) in [6.07, 6.45) is 2.55. The Hall–Kier alpha value is -3.09. The molecule has 0 N–H and O–H groups in total. The van der Waals surface area contributed by atoms with Gasteiger partial charge in [0.2, 0.25) is 11.8 Å². The average molecular weight is 372 g/mol. The predicted molar refractivity (Wildman–Crippen MR) is 101 cm³/mol. The molecule has 0 bridgehead atoms. The van der Waals surface area contributed by atoms with Gasteiger partial charge in [-0.15, -0.1) is 0 Å². The lowest BCUT2D eigenvalue weighted by atomic mass is 10.0. The molecule has 0 atom stereocenters. The fourth-order valence-electron chi connectivity index (χ4n) is 2.53. The van der Waals surface area contributed by atoms with Crippen molar-refractivity contribution in [3.8, 4) is 17.5 Å². The van der Waals surface area contributed by atoms with Crippen LogP contribution in [-0.4, -0.2) is 37.3 Å². The molecule has 1 heterocycles. The summed E-state index contributed by atoms with van der Waals surface area (Å²) in [6.45, 7) is 6.20. The molecule has 144 valence electrons. The van der Waals surface area contributed by atoms with Gasteiger partial charge in [-0.25, -0.2) is 14.8 Å². The van der Waals surface area contributed by atoms with E-state index in [1.165, 1.54) is 33.9 Å². The van der Waals surface area contributed by atoms with Crippen molar-refractivity contribution in [2.45, 2.75) is 26.7 Å². The van der Waals surface area contributed by atoms with Gasteiger partial charge in [0, 0.05) is 0 Å². The second kappa shape index (κ2) is 9.02. The van der Waals surface area contributed by atoms with Gasteiger partial charge >= 0.3 is 5.97 Å². The average Bonchev–Trinajstić information content (AvgIpc) is 2.65. The summed E-state index contributed by atoms with van der Waals surface area (Å²) in [5.74, 6) is 0.649. The molecular formula is C20H24N2O5. The lowest BCUT2D eigenvalue weighted by Crippen LogP contribution is -2.09. The topological polar surface area (TPSA) is 79.8 Å². The van der Waals surface area contributed by atoms with Gasteiger partial charge in [0.05, 0.1) is 27.6 Å². The van der Waals surface area contributed by atoms with Crippen LogP contribution in [0.3, 0.4) is 0 Å². The van der Waals surface area contributed by atoms with Crippen LogP contribution in [0.2, 0.25) is 0 Å². The minimum absolute atomic E-state index is 0.0872. The standard InChI is InChI=1S/C20H24N2O5/c1-12(2)14-7-13(3)8-15(9-14)27-19-17(18(25-5)21-11-22-19)16(10-24-4)20(23)26-6/h7-12H,1-6H3/b16-10-. The maximum Gasteiger partial charge on any atom is 0.342 e. The van der Waals surface area contributed by atoms with Crippen LogP contribution in [0.5, 0.6) is 17.5 Å². The second-order valence-electron chi connectivity index (χ2n) is 6.16. The van der Waals surface area contributed by atoms with Crippen LogP contribution in [0.1, 0.15) is 36.5 Å². The highest BCUT2D eigenvalue weighted by Crippen LogP contribution is 2.35. The first-order chi connectivity index (χ1) is 12.9. The molecule has 0 amide bonds. The van der Waals surface area contributed by atoms with E-state index in [4.69, 9.17) is 18.9 Å². The molecule has 27 heavy (non-hydrogen) atoms. The Labute approximate surface area is 159 Å². The normalized spacial score (nSPS) is 11.3. The van der Waals surface area contributed by atoms with Crippen molar-refractivity contribution in [1.82, 2.24) is 9.97 Å². The Morgan fingerprint density at radius 3 is 2.37 bits per heavy atom.